The maximum atomic E-state index is 12.7. The van der Waals surface area contributed by atoms with E-state index in [0.717, 1.165) is 39.6 Å². The summed E-state index contributed by atoms with van der Waals surface area (Å²) >= 11 is 0. The van der Waals surface area contributed by atoms with Crippen molar-refractivity contribution in [3.63, 3.8) is 0 Å². The zero-order valence-corrected chi connectivity index (χ0v) is 18.7. The molecule has 0 N–H and O–H groups in total. The Bertz CT molecular complexity index is 1040. The normalized spacial score (nSPS) is 13.8. The van der Waals surface area contributed by atoms with Gasteiger partial charge in [-0.25, -0.2) is 0 Å². The van der Waals surface area contributed by atoms with Gasteiger partial charge in [0, 0.05) is 13.1 Å². The minimum absolute atomic E-state index is 0.114. The van der Waals surface area contributed by atoms with Crippen LogP contribution in [0.5, 0.6) is 0 Å². The molecule has 0 atom stereocenters. The van der Waals surface area contributed by atoms with Gasteiger partial charge in [0.25, 0.3) is 21.9 Å². The van der Waals surface area contributed by atoms with E-state index in [9.17, 15) is 18.0 Å². The molecule has 0 saturated heterocycles. The van der Waals surface area contributed by atoms with E-state index < -0.39 is 16.0 Å². The third-order valence-corrected chi connectivity index (χ3v) is 6.77. The fraction of sp³-hybridized carbons (Fsp3) is 0.391. The highest BCUT2D eigenvalue weighted by atomic mass is 32.2. The Morgan fingerprint density at radius 3 is 2.32 bits per heavy atom. The summed E-state index contributed by atoms with van der Waals surface area (Å²) < 4.78 is 28.2. The molecule has 0 fully saturated rings. The lowest BCUT2D eigenvalue weighted by Gasteiger charge is -2.20. The van der Waals surface area contributed by atoms with E-state index in [-0.39, 0.29) is 21.9 Å². The predicted molar refractivity (Wildman–Crippen MR) is 117 cm³/mol. The van der Waals surface area contributed by atoms with Gasteiger partial charge < -0.3 is 0 Å². The number of nitrogens with zero attached hydrogens (tertiary/aromatic N) is 2. The van der Waals surface area contributed by atoms with Crippen LogP contribution in [0.3, 0.4) is 0 Å². The molecule has 0 radical (unpaired) electrons. The summed E-state index contributed by atoms with van der Waals surface area (Å²) in [5.41, 5.74) is 1.63. The van der Waals surface area contributed by atoms with Crippen molar-refractivity contribution >= 4 is 21.9 Å². The quantitative estimate of drug-likeness (QED) is 0.300. The molecule has 2 aromatic rings. The fourth-order valence-corrected chi connectivity index (χ4v) is 4.39. The summed E-state index contributed by atoms with van der Waals surface area (Å²) in [7, 11) is -2.87. The van der Waals surface area contributed by atoms with Gasteiger partial charge in [-0.05, 0) is 49.7 Å². The molecule has 2 aromatic carbocycles. The third kappa shape index (κ3) is 5.39. The van der Waals surface area contributed by atoms with Crippen LogP contribution in [0.2, 0.25) is 0 Å². The Morgan fingerprint density at radius 1 is 0.935 bits per heavy atom. The highest BCUT2D eigenvalue weighted by Crippen LogP contribution is 2.26. The van der Waals surface area contributed by atoms with Crippen LogP contribution in [-0.2, 0) is 20.8 Å². The molecular formula is C23H28N2O5S. The lowest BCUT2D eigenvalue weighted by molar-refractivity contribution is 0.0651. The van der Waals surface area contributed by atoms with Crippen LogP contribution in [0.4, 0.5) is 0 Å². The Labute approximate surface area is 183 Å². The second-order valence-electron chi connectivity index (χ2n) is 7.51. The first-order chi connectivity index (χ1) is 14.9. The molecule has 7 nitrogen and oxygen atoms in total. The van der Waals surface area contributed by atoms with Gasteiger partial charge in [-0.3, -0.25) is 23.6 Å². The molecule has 0 spiro atoms. The summed E-state index contributed by atoms with van der Waals surface area (Å²) in [5, 5.41) is 0. The second kappa shape index (κ2) is 10.2. The SMILES string of the molecule is CCN(CCCCCN1C(=O)c2ccc(S(=O)(=O)OC)cc2C1=O)Cc1ccccc1. The van der Waals surface area contributed by atoms with Crippen LogP contribution in [0.1, 0.15) is 52.5 Å². The standard InChI is InChI=1S/C23H28N2O5S/c1-3-24(17-18-10-6-4-7-11-18)14-8-5-9-15-25-22(26)20-13-12-19(31(28,29)30-2)16-21(20)23(25)27/h4,6-7,10-13,16H,3,5,8-9,14-15,17H2,1-2H3. The zero-order chi connectivity index (χ0) is 22.4. The molecule has 0 aliphatic carbocycles. The lowest BCUT2D eigenvalue weighted by Crippen LogP contribution is -2.31. The number of unbranched alkanes of at least 4 members (excludes halogenated alkanes) is 2. The highest BCUT2D eigenvalue weighted by molar-refractivity contribution is 7.86. The minimum Gasteiger partial charge on any atom is -0.299 e. The molecule has 8 heteroatoms. The topological polar surface area (TPSA) is 84.0 Å². The van der Waals surface area contributed by atoms with Crippen molar-refractivity contribution in [2.24, 2.45) is 0 Å². The van der Waals surface area contributed by atoms with Crippen LogP contribution in [0.15, 0.2) is 53.4 Å². The highest BCUT2D eigenvalue weighted by Gasteiger charge is 2.36. The van der Waals surface area contributed by atoms with Crippen LogP contribution >= 0.6 is 0 Å². The number of amides is 2. The van der Waals surface area contributed by atoms with Crippen LogP contribution < -0.4 is 0 Å². The Hall–Kier alpha value is -2.55. The zero-order valence-electron chi connectivity index (χ0n) is 17.9. The van der Waals surface area contributed by atoms with Gasteiger partial charge in [-0.2, -0.15) is 8.42 Å². The summed E-state index contributed by atoms with van der Waals surface area (Å²) in [6, 6.07) is 14.2. The van der Waals surface area contributed by atoms with Crippen LogP contribution in [0, 0.1) is 0 Å². The predicted octanol–water partition coefficient (Wildman–Crippen LogP) is 3.31. The molecule has 0 unspecified atom stereocenters. The van der Waals surface area contributed by atoms with Crippen molar-refractivity contribution in [3.8, 4) is 0 Å². The molecule has 1 heterocycles. The minimum atomic E-state index is -3.92. The Balaban J connectivity index is 1.50. The molecule has 2 amide bonds. The van der Waals surface area contributed by atoms with E-state index in [1.165, 1.54) is 28.7 Å². The van der Waals surface area contributed by atoms with Crippen LogP contribution in [-0.4, -0.2) is 56.8 Å². The van der Waals surface area contributed by atoms with E-state index in [1.54, 1.807) is 0 Å². The molecule has 0 bridgehead atoms. The van der Waals surface area contributed by atoms with E-state index >= 15 is 0 Å². The van der Waals surface area contributed by atoms with Gasteiger partial charge in [0.05, 0.1) is 23.1 Å². The van der Waals surface area contributed by atoms with Crippen molar-refractivity contribution in [1.82, 2.24) is 9.80 Å². The maximum Gasteiger partial charge on any atom is 0.296 e. The number of carbonyl (C=O) groups excluding carboxylic acids is 2. The van der Waals surface area contributed by atoms with E-state index in [0.29, 0.717) is 13.0 Å². The van der Waals surface area contributed by atoms with E-state index in [2.05, 4.69) is 28.1 Å². The van der Waals surface area contributed by atoms with Crippen molar-refractivity contribution in [1.29, 1.82) is 0 Å². The monoisotopic (exact) mass is 444 g/mol. The smallest absolute Gasteiger partial charge is 0.296 e. The number of hydrogen-bond donors (Lipinski definition) is 0. The summed E-state index contributed by atoms with van der Waals surface area (Å²) in [6.45, 7) is 5.28. The van der Waals surface area contributed by atoms with Gasteiger partial charge in [0.1, 0.15) is 0 Å². The van der Waals surface area contributed by atoms with Gasteiger partial charge in [-0.15, -0.1) is 0 Å². The second-order valence-corrected chi connectivity index (χ2v) is 9.22. The first-order valence-electron chi connectivity index (χ1n) is 10.4. The van der Waals surface area contributed by atoms with Crippen molar-refractivity contribution in [2.75, 3.05) is 26.7 Å². The van der Waals surface area contributed by atoms with E-state index in [1.807, 2.05) is 18.2 Å². The van der Waals surface area contributed by atoms with Gasteiger partial charge in [-0.1, -0.05) is 43.7 Å². The average molecular weight is 445 g/mol. The van der Waals surface area contributed by atoms with Crippen molar-refractivity contribution in [3.05, 3.63) is 65.2 Å². The number of carbonyl (C=O) groups is 2. The molecule has 166 valence electrons. The van der Waals surface area contributed by atoms with Gasteiger partial charge in [0.15, 0.2) is 0 Å². The molecule has 1 aliphatic heterocycles. The van der Waals surface area contributed by atoms with Gasteiger partial charge >= 0.3 is 0 Å². The Kier molecular flexibility index (Phi) is 7.59. The largest absolute Gasteiger partial charge is 0.299 e. The summed E-state index contributed by atoms with van der Waals surface area (Å²) in [5.74, 6) is -0.826. The molecule has 3 rings (SSSR count). The number of rotatable bonds is 11. The van der Waals surface area contributed by atoms with Crippen LogP contribution in [0.25, 0.3) is 0 Å². The molecule has 1 aliphatic rings. The average Bonchev–Trinajstić information content (AvgIpc) is 3.03. The molecule has 31 heavy (non-hydrogen) atoms. The molecular weight excluding hydrogens is 416 g/mol. The first kappa shape index (κ1) is 23.1. The number of imide groups is 1. The third-order valence-electron chi connectivity index (χ3n) is 5.50. The van der Waals surface area contributed by atoms with Crippen molar-refractivity contribution < 1.29 is 22.2 Å². The fourth-order valence-electron chi connectivity index (χ4n) is 3.70. The summed E-state index contributed by atoms with van der Waals surface area (Å²) in [4.78, 5) is 28.7. The maximum absolute atomic E-state index is 12.7. The van der Waals surface area contributed by atoms with E-state index in [4.69, 9.17) is 0 Å². The Morgan fingerprint density at radius 2 is 1.65 bits per heavy atom. The number of hydrogen-bond acceptors (Lipinski definition) is 6. The number of fused-ring (bicyclic) bond motifs is 1. The number of benzene rings is 2. The lowest BCUT2D eigenvalue weighted by atomic mass is 10.1. The summed E-state index contributed by atoms with van der Waals surface area (Å²) in [6.07, 6.45) is 2.57. The van der Waals surface area contributed by atoms with Gasteiger partial charge in [0.2, 0.25) is 0 Å². The van der Waals surface area contributed by atoms with Crippen molar-refractivity contribution in [2.45, 2.75) is 37.6 Å². The molecule has 0 saturated carbocycles. The molecule has 0 aromatic heterocycles. The first-order valence-corrected chi connectivity index (χ1v) is 11.9.